The molecule has 4 nitrogen and oxygen atoms in total. The number of H-pyrrole nitrogens is 1. The predicted molar refractivity (Wildman–Crippen MR) is 46.5 cm³/mol. The standard InChI is InChI=1S/C9H12N2O2/c12-9(13)4-3-8-10-5-7(11-8)6-1-2-6/h5-6H,1-4H2,(H,10,11)(H,12,13). The van der Waals surface area contributed by atoms with Crippen LogP contribution >= 0.6 is 0 Å². The first kappa shape index (κ1) is 8.29. The molecule has 70 valence electrons. The third-order valence-corrected chi connectivity index (χ3v) is 2.24. The Kier molecular flexibility index (Phi) is 2.04. The molecule has 0 radical (unpaired) electrons. The molecule has 0 saturated heterocycles. The van der Waals surface area contributed by atoms with E-state index in [1.165, 1.54) is 18.5 Å². The zero-order chi connectivity index (χ0) is 9.26. The van der Waals surface area contributed by atoms with Crippen LogP contribution in [0, 0.1) is 0 Å². The van der Waals surface area contributed by atoms with Crippen molar-refractivity contribution in [2.24, 2.45) is 0 Å². The SMILES string of the molecule is O=C(O)CCc1ncc(C2CC2)[nH]1. The van der Waals surface area contributed by atoms with Crippen molar-refractivity contribution in [3.63, 3.8) is 0 Å². The second kappa shape index (κ2) is 3.20. The summed E-state index contributed by atoms with van der Waals surface area (Å²) in [7, 11) is 0. The summed E-state index contributed by atoms with van der Waals surface area (Å²) < 4.78 is 0. The van der Waals surface area contributed by atoms with Gasteiger partial charge >= 0.3 is 5.97 Å². The van der Waals surface area contributed by atoms with E-state index >= 15 is 0 Å². The van der Waals surface area contributed by atoms with Gasteiger partial charge in [-0.05, 0) is 12.8 Å². The van der Waals surface area contributed by atoms with E-state index in [0.29, 0.717) is 12.3 Å². The number of carbonyl (C=O) groups is 1. The monoisotopic (exact) mass is 180 g/mol. The summed E-state index contributed by atoms with van der Waals surface area (Å²) in [6.45, 7) is 0. The van der Waals surface area contributed by atoms with Crippen LogP contribution in [0.15, 0.2) is 6.20 Å². The van der Waals surface area contributed by atoms with Gasteiger partial charge in [-0.2, -0.15) is 0 Å². The van der Waals surface area contributed by atoms with E-state index in [-0.39, 0.29) is 6.42 Å². The molecular formula is C9H12N2O2. The fraction of sp³-hybridized carbons (Fsp3) is 0.556. The van der Waals surface area contributed by atoms with Crippen LogP contribution in [-0.4, -0.2) is 21.0 Å². The summed E-state index contributed by atoms with van der Waals surface area (Å²) in [6.07, 6.45) is 4.95. The van der Waals surface area contributed by atoms with Crippen LogP contribution in [0.4, 0.5) is 0 Å². The molecule has 0 atom stereocenters. The maximum atomic E-state index is 10.3. The molecule has 0 unspecified atom stereocenters. The van der Waals surface area contributed by atoms with Gasteiger partial charge in [0.2, 0.25) is 0 Å². The number of hydrogen-bond donors (Lipinski definition) is 2. The number of imidazole rings is 1. The summed E-state index contributed by atoms with van der Waals surface area (Å²) >= 11 is 0. The average molecular weight is 180 g/mol. The summed E-state index contributed by atoms with van der Waals surface area (Å²) in [5, 5.41) is 8.46. The Hall–Kier alpha value is -1.32. The van der Waals surface area contributed by atoms with Gasteiger partial charge in [-0.3, -0.25) is 4.79 Å². The van der Waals surface area contributed by atoms with Gasteiger partial charge in [0.15, 0.2) is 0 Å². The quantitative estimate of drug-likeness (QED) is 0.734. The largest absolute Gasteiger partial charge is 0.481 e. The van der Waals surface area contributed by atoms with Crippen LogP contribution in [0.3, 0.4) is 0 Å². The molecule has 0 amide bonds. The van der Waals surface area contributed by atoms with Crippen LogP contribution < -0.4 is 0 Å². The van der Waals surface area contributed by atoms with Crippen molar-refractivity contribution in [3.05, 3.63) is 17.7 Å². The van der Waals surface area contributed by atoms with Gasteiger partial charge < -0.3 is 10.1 Å². The Bertz CT molecular complexity index is 315. The van der Waals surface area contributed by atoms with Crippen LogP contribution in [-0.2, 0) is 11.2 Å². The van der Waals surface area contributed by atoms with Gasteiger partial charge in [-0.15, -0.1) is 0 Å². The Labute approximate surface area is 76.0 Å². The Morgan fingerprint density at radius 2 is 2.46 bits per heavy atom. The molecule has 1 fully saturated rings. The maximum Gasteiger partial charge on any atom is 0.303 e. The number of rotatable bonds is 4. The summed E-state index contributed by atoms with van der Waals surface area (Å²) in [5.74, 6) is 0.680. The van der Waals surface area contributed by atoms with Crippen molar-refractivity contribution in [1.29, 1.82) is 0 Å². The summed E-state index contributed by atoms with van der Waals surface area (Å²) in [4.78, 5) is 17.6. The maximum absolute atomic E-state index is 10.3. The van der Waals surface area contributed by atoms with E-state index in [2.05, 4.69) is 9.97 Å². The molecule has 1 aromatic rings. The Morgan fingerprint density at radius 3 is 3.08 bits per heavy atom. The minimum absolute atomic E-state index is 0.150. The predicted octanol–water partition coefficient (Wildman–Crippen LogP) is 1.30. The molecule has 1 aromatic heterocycles. The molecule has 1 saturated carbocycles. The van der Waals surface area contributed by atoms with Crippen molar-refractivity contribution in [3.8, 4) is 0 Å². The van der Waals surface area contributed by atoms with E-state index in [4.69, 9.17) is 5.11 Å². The van der Waals surface area contributed by atoms with E-state index in [0.717, 1.165) is 5.82 Å². The van der Waals surface area contributed by atoms with E-state index in [1.807, 2.05) is 6.20 Å². The van der Waals surface area contributed by atoms with Gasteiger partial charge in [0, 0.05) is 24.2 Å². The average Bonchev–Trinajstić information content (AvgIpc) is 2.83. The van der Waals surface area contributed by atoms with Crippen molar-refractivity contribution in [1.82, 2.24) is 9.97 Å². The number of hydrogen-bond acceptors (Lipinski definition) is 2. The third-order valence-electron chi connectivity index (χ3n) is 2.24. The van der Waals surface area contributed by atoms with Crippen molar-refractivity contribution < 1.29 is 9.90 Å². The van der Waals surface area contributed by atoms with Gasteiger partial charge in [-0.25, -0.2) is 4.98 Å². The summed E-state index contributed by atoms with van der Waals surface area (Å²) in [6, 6.07) is 0. The Morgan fingerprint density at radius 1 is 1.69 bits per heavy atom. The number of nitrogens with zero attached hydrogens (tertiary/aromatic N) is 1. The first-order valence-electron chi connectivity index (χ1n) is 4.51. The lowest BCUT2D eigenvalue weighted by molar-refractivity contribution is -0.137. The molecule has 1 aliphatic rings. The number of aliphatic carboxylic acids is 1. The molecule has 0 bridgehead atoms. The minimum atomic E-state index is -0.774. The lowest BCUT2D eigenvalue weighted by atomic mass is 10.3. The normalized spacial score (nSPS) is 16.0. The number of carboxylic acids is 1. The van der Waals surface area contributed by atoms with Crippen molar-refractivity contribution in [2.45, 2.75) is 31.6 Å². The van der Waals surface area contributed by atoms with E-state index < -0.39 is 5.97 Å². The van der Waals surface area contributed by atoms with Crippen LogP contribution in [0.1, 0.15) is 36.7 Å². The van der Waals surface area contributed by atoms with Gasteiger partial charge in [0.25, 0.3) is 0 Å². The van der Waals surface area contributed by atoms with Gasteiger partial charge in [-0.1, -0.05) is 0 Å². The zero-order valence-corrected chi connectivity index (χ0v) is 7.29. The second-order valence-electron chi connectivity index (χ2n) is 3.45. The molecule has 0 aromatic carbocycles. The molecule has 1 heterocycles. The minimum Gasteiger partial charge on any atom is -0.481 e. The first-order valence-corrected chi connectivity index (χ1v) is 4.51. The molecule has 13 heavy (non-hydrogen) atoms. The Balaban J connectivity index is 1.92. The molecule has 2 N–H and O–H groups in total. The number of nitrogens with one attached hydrogen (secondary N) is 1. The topological polar surface area (TPSA) is 66.0 Å². The highest BCUT2D eigenvalue weighted by Crippen LogP contribution is 2.38. The van der Waals surface area contributed by atoms with Gasteiger partial charge in [0.05, 0.1) is 6.42 Å². The van der Waals surface area contributed by atoms with E-state index in [9.17, 15) is 4.79 Å². The van der Waals surface area contributed by atoms with Crippen molar-refractivity contribution in [2.75, 3.05) is 0 Å². The van der Waals surface area contributed by atoms with Crippen LogP contribution in [0.2, 0.25) is 0 Å². The fourth-order valence-electron chi connectivity index (χ4n) is 1.33. The van der Waals surface area contributed by atoms with Crippen LogP contribution in [0.25, 0.3) is 0 Å². The molecular weight excluding hydrogens is 168 g/mol. The van der Waals surface area contributed by atoms with Crippen molar-refractivity contribution >= 4 is 5.97 Å². The highest BCUT2D eigenvalue weighted by molar-refractivity contribution is 5.66. The molecule has 0 aliphatic heterocycles. The third kappa shape index (κ3) is 2.08. The molecule has 1 aliphatic carbocycles. The van der Waals surface area contributed by atoms with E-state index in [1.54, 1.807) is 0 Å². The number of carboxylic acid groups (broad SMARTS) is 1. The highest BCUT2D eigenvalue weighted by atomic mass is 16.4. The number of aromatic amines is 1. The first-order chi connectivity index (χ1) is 6.25. The summed E-state index contributed by atoms with van der Waals surface area (Å²) in [5.41, 5.74) is 1.17. The lowest BCUT2D eigenvalue weighted by Gasteiger charge is -1.92. The number of aromatic nitrogens is 2. The smallest absolute Gasteiger partial charge is 0.303 e. The lowest BCUT2D eigenvalue weighted by Crippen LogP contribution is -1.98. The molecule has 0 spiro atoms. The van der Waals surface area contributed by atoms with Gasteiger partial charge in [0.1, 0.15) is 5.82 Å². The second-order valence-corrected chi connectivity index (χ2v) is 3.45. The molecule has 4 heteroatoms. The zero-order valence-electron chi connectivity index (χ0n) is 7.29. The van der Waals surface area contributed by atoms with Crippen LogP contribution in [0.5, 0.6) is 0 Å². The number of aryl methyl sites for hydroxylation is 1. The molecule has 2 rings (SSSR count). The fourth-order valence-corrected chi connectivity index (χ4v) is 1.33. The highest BCUT2D eigenvalue weighted by Gasteiger charge is 2.25.